The topological polar surface area (TPSA) is 32.3 Å². The molecule has 0 bridgehead atoms. The zero-order chi connectivity index (χ0) is 17.4. The van der Waals surface area contributed by atoms with Crippen LogP contribution in [0, 0.1) is 0 Å². The lowest BCUT2D eigenvalue weighted by atomic mass is 10.1. The van der Waals surface area contributed by atoms with Crippen LogP contribution in [0.3, 0.4) is 0 Å². The summed E-state index contributed by atoms with van der Waals surface area (Å²) in [4.78, 5) is 14.8. The predicted octanol–water partition coefficient (Wildman–Crippen LogP) is 5.77. The van der Waals surface area contributed by atoms with Gasteiger partial charge in [0.25, 0.3) is 0 Å². The summed E-state index contributed by atoms with van der Waals surface area (Å²) in [7, 11) is 0. The molecular weight excluding hydrogens is 296 g/mol. The molecule has 1 aliphatic rings. The quantitative estimate of drug-likeness (QED) is 0.662. The number of rotatable bonds is 6. The number of urea groups is 1. The Balaban J connectivity index is 2.08. The molecule has 0 atom stereocenters. The van der Waals surface area contributed by atoms with E-state index in [2.05, 4.69) is 38.2 Å². The summed E-state index contributed by atoms with van der Waals surface area (Å²) in [5.41, 5.74) is 3.43. The zero-order valence-electron chi connectivity index (χ0n) is 15.2. The van der Waals surface area contributed by atoms with Crippen LogP contribution in [0.4, 0.5) is 10.5 Å². The molecule has 0 unspecified atom stereocenters. The number of carbonyl (C=O) groups is 1. The second-order valence-electron chi connectivity index (χ2n) is 6.74. The van der Waals surface area contributed by atoms with Gasteiger partial charge in [-0.15, -0.1) is 0 Å². The Hall–Kier alpha value is -2.03. The average molecular weight is 326 g/mol. The normalized spacial score (nSPS) is 16.3. The van der Waals surface area contributed by atoms with E-state index in [1.165, 1.54) is 24.0 Å². The SMILES string of the molecule is CC/C(C)=C\C=C(/C)CN(C(=O)Nc1ccccc1)C1CCCC1. The highest BCUT2D eigenvalue weighted by atomic mass is 16.2. The Bertz CT molecular complexity index is 583. The molecule has 2 amide bonds. The highest BCUT2D eigenvalue weighted by Crippen LogP contribution is 2.25. The standard InChI is InChI=1S/C21H30N2O/c1-4-17(2)14-15-18(3)16-23(20-12-8-9-13-20)21(24)22-19-10-6-5-7-11-19/h5-7,10-11,14-15,20H,4,8-9,12-13,16H2,1-3H3,(H,22,24)/b17-14-,18-15+. The van der Waals surface area contributed by atoms with Gasteiger partial charge in [0.15, 0.2) is 0 Å². The van der Waals surface area contributed by atoms with Crippen molar-refractivity contribution in [1.29, 1.82) is 0 Å². The van der Waals surface area contributed by atoms with E-state index in [9.17, 15) is 4.79 Å². The molecule has 1 aromatic rings. The molecule has 2 rings (SSSR count). The van der Waals surface area contributed by atoms with E-state index in [-0.39, 0.29) is 6.03 Å². The van der Waals surface area contributed by atoms with Crippen LogP contribution in [-0.2, 0) is 0 Å². The third kappa shape index (κ3) is 5.55. The fourth-order valence-electron chi connectivity index (χ4n) is 3.02. The van der Waals surface area contributed by atoms with Gasteiger partial charge in [0, 0.05) is 18.3 Å². The van der Waals surface area contributed by atoms with Gasteiger partial charge < -0.3 is 10.2 Å². The Morgan fingerprint density at radius 2 is 1.75 bits per heavy atom. The number of nitrogens with one attached hydrogen (secondary N) is 1. The number of para-hydroxylation sites is 1. The lowest BCUT2D eigenvalue weighted by Crippen LogP contribution is -2.42. The molecule has 0 saturated heterocycles. The van der Waals surface area contributed by atoms with E-state index in [4.69, 9.17) is 0 Å². The maximum absolute atomic E-state index is 12.8. The van der Waals surface area contributed by atoms with Gasteiger partial charge in [-0.2, -0.15) is 0 Å². The van der Waals surface area contributed by atoms with E-state index in [0.29, 0.717) is 12.6 Å². The second-order valence-corrected chi connectivity index (χ2v) is 6.74. The van der Waals surface area contributed by atoms with E-state index in [1.807, 2.05) is 35.2 Å². The van der Waals surface area contributed by atoms with Crippen molar-refractivity contribution in [2.75, 3.05) is 11.9 Å². The van der Waals surface area contributed by atoms with Gasteiger partial charge >= 0.3 is 6.03 Å². The second kappa shape index (κ2) is 9.31. The van der Waals surface area contributed by atoms with Gasteiger partial charge in [-0.1, -0.05) is 61.3 Å². The minimum absolute atomic E-state index is 0.0112. The molecule has 3 nitrogen and oxygen atoms in total. The van der Waals surface area contributed by atoms with Crippen LogP contribution >= 0.6 is 0 Å². The Kier molecular flexibility index (Phi) is 7.10. The summed E-state index contributed by atoms with van der Waals surface area (Å²) in [6, 6.07) is 10.1. The first-order chi connectivity index (χ1) is 11.6. The average Bonchev–Trinajstić information content (AvgIpc) is 3.12. The molecule has 1 saturated carbocycles. The maximum Gasteiger partial charge on any atom is 0.322 e. The van der Waals surface area contributed by atoms with E-state index < -0.39 is 0 Å². The van der Waals surface area contributed by atoms with Crippen molar-refractivity contribution in [1.82, 2.24) is 4.90 Å². The summed E-state index contributed by atoms with van der Waals surface area (Å²) in [6.07, 6.45) is 10.0. The van der Waals surface area contributed by atoms with Crippen LogP contribution in [0.15, 0.2) is 53.6 Å². The fraction of sp³-hybridized carbons (Fsp3) is 0.476. The van der Waals surface area contributed by atoms with Crippen molar-refractivity contribution in [2.24, 2.45) is 0 Å². The number of nitrogens with zero attached hydrogens (tertiary/aromatic N) is 1. The molecule has 0 heterocycles. The Labute approximate surface area is 146 Å². The number of allylic oxidation sites excluding steroid dienone is 3. The minimum Gasteiger partial charge on any atom is -0.318 e. The molecule has 1 aliphatic carbocycles. The fourth-order valence-corrected chi connectivity index (χ4v) is 3.02. The van der Waals surface area contributed by atoms with E-state index in [0.717, 1.165) is 24.9 Å². The third-order valence-corrected chi connectivity index (χ3v) is 4.68. The van der Waals surface area contributed by atoms with E-state index >= 15 is 0 Å². The molecule has 0 aromatic heterocycles. The smallest absolute Gasteiger partial charge is 0.318 e. The van der Waals surface area contributed by atoms with Gasteiger partial charge in [0.05, 0.1) is 0 Å². The number of anilines is 1. The molecular formula is C21H30N2O. The first-order valence-electron chi connectivity index (χ1n) is 9.05. The lowest BCUT2D eigenvalue weighted by molar-refractivity contribution is 0.195. The van der Waals surface area contributed by atoms with Crippen LogP contribution in [0.25, 0.3) is 0 Å². The maximum atomic E-state index is 12.8. The number of hydrogen-bond donors (Lipinski definition) is 1. The van der Waals surface area contributed by atoms with Crippen LogP contribution in [0.5, 0.6) is 0 Å². The molecule has 1 N–H and O–H groups in total. The van der Waals surface area contributed by atoms with Crippen molar-refractivity contribution >= 4 is 11.7 Å². The summed E-state index contributed by atoms with van der Waals surface area (Å²) >= 11 is 0. The van der Waals surface area contributed by atoms with Crippen molar-refractivity contribution in [2.45, 2.75) is 58.9 Å². The van der Waals surface area contributed by atoms with Crippen molar-refractivity contribution in [3.05, 3.63) is 53.6 Å². The summed E-state index contributed by atoms with van der Waals surface area (Å²) < 4.78 is 0. The van der Waals surface area contributed by atoms with Crippen LogP contribution in [0.2, 0.25) is 0 Å². The first kappa shape index (κ1) is 18.3. The van der Waals surface area contributed by atoms with E-state index in [1.54, 1.807) is 0 Å². The summed E-state index contributed by atoms with van der Waals surface area (Å²) in [5, 5.41) is 3.04. The van der Waals surface area contributed by atoms with Crippen molar-refractivity contribution in [3.8, 4) is 0 Å². The highest BCUT2D eigenvalue weighted by molar-refractivity contribution is 5.89. The Morgan fingerprint density at radius 1 is 1.12 bits per heavy atom. The molecule has 1 aromatic carbocycles. The molecule has 1 fully saturated rings. The first-order valence-corrected chi connectivity index (χ1v) is 9.05. The van der Waals surface area contributed by atoms with Gasteiger partial charge in [0.2, 0.25) is 0 Å². The minimum atomic E-state index is 0.0112. The van der Waals surface area contributed by atoms with Gasteiger partial charge in [-0.05, 0) is 45.2 Å². The largest absolute Gasteiger partial charge is 0.322 e. The Morgan fingerprint density at radius 3 is 2.38 bits per heavy atom. The van der Waals surface area contributed by atoms with Crippen LogP contribution in [0.1, 0.15) is 52.9 Å². The zero-order valence-corrected chi connectivity index (χ0v) is 15.2. The monoisotopic (exact) mass is 326 g/mol. The van der Waals surface area contributed by atoms with Gasteiger partial charge in [-0.3, -0.25) is 0 Å². The van der Waals surface area contributed by atoms with Crippen molar-refractivity contribution < 1.29 is 4.79 Å². The molecule has 24 heavy (non-hydrogen) atoms. The predicted molar refractivity (Wildman–Crippen MR) is 102 cm³/mol. The van der Waals surface area contributed by atoms with Gasteiger partial charge in [-0.25, -0.2) is 4.79 Å². The highest BCUT2D eigenvalue weighted by Gasteiger charge is 2.26. The van der Waals surface area contributed by atoms with Crippen molar-refractivity contribution in [3.63, 3.8) is 0 Å². The summed E-state index contributed by atoms with van der Waals surface area (Å²) in [6.45, 7) is 7.10. The summed E-state index contributed by atoms with van der Waals surface area (Å²) in [5.74, 6) is 0. The third-order valence-electron chi connectivity index (χ3n) is 4.68. The number of hydrogen-bond acceptors (Lipinski definition) is 1. The molecule has 0 aliphatic heterocycles. The molecule has 0 spiro atoms. The number of benzene rings is 1. The van der Waals surface area contributed by atoms with Crippen LogP contribution < -0.4 is 5.32 Å². The van der Waals surface area contributed by atoms with Crippen LogP contribution in [-0.4, -0.2) is 23.5 Å². The lowest BCUT2D eigenvalue weighted by Gasteiger charge is -2.29. The molecule has 130 valence electrons. The number of carbonyl (C=O) groups excluding carboxylic acids is 1. The number of amides is 2. The molecule has 0 radical (unpaired) electrons. The van der Waals surface area contributed by atoms with Gasteiger partial charge in [0.1, 0.15) is 0 Å². The molecule has 3 heteroatoms.